The third-order valence-corrected chi connectivity index (χ3v) is 3.63. The van der Waals surface area contributed by atoms with Crippen molar-refractivity contribution >= 4 is 12.4 Å². The van der Waals surface area contributed by atoms with Crippen molar-refractivity contribution < 1.29 is 14.3 Å². The van der Waals surface area contributed by atoms with E-state index in [0.29, 0.717) is 11.8 Å². The predicted octanol–water partition coefficient (Wildman–Crippen LogP) is 2.08. The Bertz CT molecular complexity index is 307. The van der Waals surface area contributed by atoms with Crippen LogP contribution in [0.1, 0.15) is 33.6 Å². The number of hydrogen-bond donors (Lipinski definition) is 0. The normalized spacial score (nSPS) is 32.4. The zero-order valence-corrected chi connectivity index (χ0v) is 10.8. The highest BCUT2D eigenvalue weighted by molar-refractivity contribution is 5.68. The van der Waals surface area contributed by atoms with Crippen LogP contribution in [0.5, 0.6) is 0 Å². The first-order valence-corrected chi connectivity index (χ1v) is 6.32. The fourth-order valence-corrected chi connectivity index (χ4v) is 2.93. The van der Waals surface area contributed by atoms with Gasteiger partial charge in [-0.15, -0.1) is 0 Å². The van der Waals surface area contributed by atoms with Gasteiger partial charge in [0.1, 0.15) is 11.9 Å². The zero-order valence-electron chi connectivity index (χ0n) is 10.8. The van der Waals surface area contributed by atoms with Crippen LogP contribution in [0.4, 0.5) is 4.79 Å². The Kier molecular flexibility index (Phi) is 3.15. The van der Waals surface area contributed by atoms with Crippen molar-refractivity contribution in [2.24, 2.45) is 17.8 Å². The fourth-order valence-electron chi connectivity index (χ4n) is 2.93. The van der Waals surface area contributed by atoms with Crippen LogP contribution in [0.3, 0.4) is 0 Å². The first kappa shape index (κ1) is 12.4. The van der Waals surface area contributed by atoms with Crippen molar-refractivity contribution in [2.75, 3.05) is 13.1 Å². The molecule has 2 aliphatic rings. The van der Waals surface area contributed by atoms with Gasteiger partial charge in [0.05, 0.1) is 0 Å². The number of nitrogens with zero attached hydrogens (tertiary/aromatic N) is 1. The number of amides is 1. The molecule has 1 aliphatic heterocycles. The van der Waals surface area contributed by atoms with Gasteiger partial charge in [-0.25, -0.2) is 4.79 Å². The number of carbonyl (C=O) groups is 2. The minimum Gasteiger partial charge on any atom is -0.444 e. The molecule has 0 radical (unpaired) electrons. The molecule has 4 nitrogen and oxygen atoms in total. The first-order valence-electron chi connectivity index (χ1n) is 6.32. The molecular formula is C13H21NO3. The average molecular weight is 239 g/mol. The van der Waals surface area contributed by atoms with E-state index in [1.54, 1.807) is 4.90 Å². The largest absolute Gasteiger partial charge is 0.444 e. The Hall–Kier alpha value is -1.06. The van der Waals surface area contributed by atoms with Gasteiger partial charge >= 0.3 is 6.09 Å². The molecule has 1 saturated carbocycles. The molecule has 1 saturated heterocycles. The van der Waals surface area contributed by atoms with Crippen LogP contribution in [-0.2, 0) is 9.53 Å². The third-order valence-electron chi connectivity index (χ3n) is 3.63. The predicted molar refractivity (Wildman–Crippen MR) is 63.6 cm³/mol. The highest BCUT2D eigenvalue weighted by atomic mass is 16.6. The van der Waals surface area contributed by atoms with Crippen molar-refractivity contribution in [1.82, 2.24) is 4.90 Å². The van der Waals surface area contributed by atoms with Gasteiger partial charge in [-0.3, -0.25) is 0 Å². The van der Waals surface area contributed by atoms with Gasteiger partial charge in [-0.2, -0.15) is 0 Å². The molecular weight excluding hydrogens is 218 g/mol. The lowest BCUT2D eigenvalue weighted by Gasteiger charge is -2.25. The number of aldehydes is 1. The number of ether oxygens (including phenoxy) is 1. The number of carbonyl (C=O) groups excluding carboxylic acids is 2. The summed E-state index contributed by atoms with van der Waals surface area (Å²) in [5.41, 5.74) is -0.430. The topological polar surface area (TPSA) is 46.6 Å². The summed E-state index contributed by atoms with van der Waals surface area (Å²) in [6.45, 7) is 7.15. The molecule has 0 spiro atoms. The molecule has 1 aliphatic carbocycles. The van der Waals surface area contributed by atoms with Crippen molar-refractivity contribution in [2.45, 2.75) is 39.2 Å². The van der Waals surface area contributed by atoms with Gasteiger partial charge in [0.2, 0.25) is 0 Å². The van der Waals surface area contributed by atoms with Gasteiger partial charge in [-0.1, -0.05) is 0 Å². The second-order valence-electron chi connectivity index (χ2n) is 6.27. The van der Waals surface area contributed by atoms with Gasteiger partial charge in [-0.05, 0) is 45.4 Å². The quantitative estimate of drug-likeness (QED) is 0.658. The molecule has 17 heavy (non-hydrogen) atoms. The molecule has 4 heteroatoms. The van der Waals surface area contributed by atoms with Crippen molar-refractivity contribution in [3.63, 3.8) is 0 Å². The SMILES string of the molecule is CC(C)(C)OC(=O)N1CC2CC(C=O)C[C@H]2C1. The number of likely N-dealkylation sites (tertiary alicyclic amines) is 1. The molecule has 96 valence electrons. The molecule has 1 heterocycles. The van der Waals surface area contributed by atoms with Gasteiger partial charge in [0.15, 0.2) is 0 Å². The Balaban J connectivity index is 1.88. The van der Waals surface area contributed by atoms with Gasteiger partial charge in [0, 0.05) is 19.0 Å². The summed E-state index contributed by atoms with van der Waals surface area (Å²) in [5, 5.41) is 0. The molecule has 0 aromatic carbocycles. The number of fused-ring (bicyclic) bond motifs is 1. The minimum atomic E-state index is -0.430. The maximum atomic E-state index is 11.9. The summed E-state index contributed by atoms with van der Waals surface area (Å²) >= 11 is 0. The van der Waals surface area contributed by atoms with E-state index in [4.69, 9.17) is 4.74 Å². The van der Waals surface area contributed by atoms with Crippen molar-refractivity contribution in [1.29, 1.82) is 0 Å². The van der Waals surface area contributed by atoms with E-state index < -0.39 is 5.60 Å². The second-order valence-corrected chi connectivity index (χ2v) is 6.27. The van der Waals surface area contributed by atoms with Crippen LogP contribution in [0.2, 0.25) is 0 Å². The molecule has 0 N–H and O–H groups in total. The van der Waals surface area contributed by atoms with Crippen LogP contribution >= 0.6 is 0 Å². The average Bonchev–Trinajstić information content (AvgIpc) is 2.70. The number of hydrogen-bond acceptors (Lipinski definition) is 3. The Morgan fingerprint density at radius 1 is 1.24 bits per heavy atom. The summed E-state index contributed by atoms with van der Waals surface area (Å²) in [5.74, 6) is 1.21. The highest BCUT2D eigenvalue weighted by Crippen LogP contribution is 2.40. The van der Waals surface area contributed by atoms with Crippen LogP contribution < -0.4 is 0 Å². The van der Waals surface area contributed by atoms with Crippen LogP contribution in [0.25, 0.3) is 0 Å². The Morgan fingerprint density at radius 2 is 1.76 bits per heavy atom. The Labute approximate surface area is 102 Å². The molecule has 0 aromatic heterocycles. The Morgan fingerprint density at radius 3 is 2.18 bits per heavy atom. The maximum Gasteiger partial charge on any atom is 0.410 e. The third kappa shape index (κ3) is 2.79. The van der Waals surface area contributed by atoms with Crippen LogP contribution in [0, 0.1) is 17.8 Å². The summed E-state index contributed by atoms with van der Waals surface area (Å²) in [6, 6.07) is 0. The first-order chi connectivity index (χ1) is 7.89. The molecule has 3 atom stereocenters. The van der Waals surface area contributed by atoms with Crippen molar-refractivity contribution in [3.05, 3.63) is 0 Å². The molecule has 2 unspecified atom stereocenters. The fraction of sp³-hybridized carbons (Fsp3) is 0.846. The van der Waals surface area contributed by atoms with E-state index in [9.17, 15) is 9.59 Å². The summed E-state index contributed by atoms with van der Waals surface area (Å²) in [6.07, 6.45) is 2.73. The number of rotatable bonds is 1. The van der Waals surface area contributed by atoms with Crippen molar-refractivity contribution in [3.8, 4) is 0 Å². The monoisotopic (exact) mass is 239 g/mol. The van der Waals surface area contributed by atoms with E-state index in [2.05, 4.69) is 0 Å². The molecule has 2 fully saturated rings. The molecule has 2 rings (SSSR count). The van der Waals surface area contributed by atoms with E-state index in [1.807, 2.05) is 20.8 Å². The highest BCUT2D eigenvalue weighted by Gasteiger charge is 2.43. The molecule has 0 bridgehead atoms. The summed E-state index contributed by atoms with van der Waals surface area (Å²) in [4.78, 5) is 24.4. The van der Waals surface area contributed by atoms with E-state index in [0.717, 1.165) is 32.2 Å². The molecule has 0 aromatic rings. The summed E-state index contributed by atoms with van der Waals surface area (Å²) < 4.78 is 5.36. The second kappa shape index (κ2) is 4.31. The van der Waals surface area contributed by atoms with Crippen LogP contribution in [-0.4, -0.2) is 36.0 Å². The maximum absolute atomic E-state index is 11.9. The van der Waals surface area contributed by atoms with Gasteiger partial charge < -0.3 is 14.4 Å². The van der Waals surface area contributed by atoms with E-state index in [-0.39, 0.29) is 12.0 Å². The lowest BCUT2D eigenvalue weighted by atomic mass is 10.0. The van der Waals surface area contributed by atoms with E-state index >= 15 is 0 Å². The lowest BCUT2D eigenvalue weighted by molar-refractivity contribution is -0.111. The lowest BCUT2D eigenvalue weighted by Crippen LogP contribution is -2.36. The van der Waals surface area contributed by atoms with E-state index in [1.165, 1.54) is 0 Å². The summed E-state index contributed by atoms with van der Waals surface area (Å²) in [7, 11) is 0. The molecule has 1 amide bonds. The zero-order chi connectivity index (χ0) is 12.6. The smallest absolute Gasteiger partial charge is 0.410 e. The van der Waals surface area contributed by atoms with Gasteiger partial charge in [0.25, 0.3) is 0 Å². The standard InChI is InChI=1S/C13H21NO3/c1-13(2,3)17-12(16)14-6-10-4-9(8-15)5-11(10)7-14/h8-11H,4-7H2,1-3H3/t9?,10-,11?/m0/s1. The minimum absolute atomic E-state index is 0.213. The van der Waals surface area contributed by atoms with Crippen LogP contribution in [0.15, 0.2) is 0 Å².